The van der Waals surface area contributed by atoms with Crippen LogP contribution in [-0.2, 0) is 9.53 Å². The summed E-state index contributed by atoms with van der Waals surface area (Å²) in [6.07, 6.45) is -2.95. The molecule has 0 aromatic carbocycles. The third-order valence-electron chi connectivity index (χ3n) is 3.27. The van der Waals surface area contributed by atoms with E-state index in [4.69, 9.17) is 4.74 Å². The minimum Gasteiger partial charge on any atom is -0.384 e. The highest BCUT2D eigenvalue weighted by molar-refractivity contribution is 5.83. The molecule has 0 bridgehead atoms. The number of carbonyl (C=O) groups excluding carboxylic acids is 1. The van der Waals surface area contributed by atoms with Crippen LogP contribution in [-0.4, -0.2) is 51.6 Å². The Morgan fingerprint density at radius 1 is 1.42 bits per heavy atom. The second-order valence-electron chi connectivity index (χ2n) is 4.71. The Morgan fingerprint density at radius 2 is 2.00 bits per heavy atom. The van der Waals surface area contributed by atoms with Crippen molar-refractivity contribution < 1.29 is 27.1 Å². The van der Waals surface area contributed by atoms with Gasteiger partial charge in [0, 0.05) is 7.11 Å². The third-order valence-corrected chi connectivity index (χ3v) is 3.27. The second kappa shape index (κ2) is 6.51. The topological polar surface area (TPSA) is 50.4 Å². The Kier molecular flexibility index (Phi) is 5.54. The summed E-state index contributed by atoms with van der Waals surface area (Å²) < 4.78 is 54.5. The molecule has 4 nitrogen and oxygen atoms in total. The van der Waals surface area contributed by atoms with E-state index in [1.54, 1.807) is 0 Å². The van der Waals surface area contributed by atoms with Gasteiger partial charge in [-0.1, -0.05) is 0 Å². The van der Waals surface area contributed by atoms with Gasteiger partial charge in [-0.05, 0) is 25.9 Å². The van der Waals surface area contributed by atoms with Gasteiger partial charge in [-0.15, -0.1) is 0 Å². The lowest BCUT2D eigenvalue weighted by Crippen LogP contribution is -2.53. The summed E-state index contributed by atoms with van der Waals surface area (Å²) in [5, 5.41) is 4.96. The number of ether oxygens (including phenoxy) is 1. The van der Waals surface area contributed by atoms with Crippen LogP contribution >= 0.6 is 0 Å². The molecule has 1 heterocycles. The first-order valence-corrected chi connectivity index (χ1v) is 5.98. The van der Waals surface area contributed by atoms with Crippen LogP contribution in [0.15, 0.2) is 0 Å². The molecule has 1 amide bonds. The van der Waals surface area contributed by atoms with E-state index in [2.05, 4.69) is 5.32 Å². The zero-order valence-corrected chi connectivity index (χ0v) is 10.6. The maximum Gasteiger partial charge on any atom is 0.324 e. The van der Waals surface area contributed by atoms with E-state index < -0.39 is 30.2 Å². The highest BCUT2D eigenvalue weighted by atomic mass is 19.3. The van der Waals surface area contributed by atoms with Gasteiger partial charge in [0.1, 0.15) is 0 Å². The Hall–Kier alpha value is -0.890. The third kappa shape index (κ3) is 4.04. The minimum atomic E-state index is -4.21. The van der Waals surface area contributed by atoms with Gasteiger partial charge in [0.25, 0.3) is 0 Å². The van der Waals surface area contributed by atoms with Crippen molar-refractivity contribution in [3.05, 3.63) is 0 Å². The molecule has 2 N–H and O–H groups in total. The van der Waals surface area contributed by atoms with Crippen LogP contribution in [0.3, 0.4) is 0 Å². The second-order valence-corrected chi connectivity index (χ2v) is 4.71. The monoisotopic (exact) mass is 286 g/mol. The summed E-state index contributed by atoms with van der Waals surface area (Å²) in [6, 6.07) is 0. The number of carbonyl (C=O) groups is 1. The highest BCUT2D eigenvalue weighted by Crippen LogP contribution is 2.30. The van der Waals surface area contributed by atoms with Crippen LogP contribution < -0.4 is 10.6 Å². The average molecular weight is 286 g/mol. The zero-order valence-electron chi connectivity index (χ0n) is 10.6. The molecule has 0 radical (unpaired) electrons. The highest BCUT2D eigenvalue weighted by Gasteiger charge is 2.44. The van der Waals surface area contributed by atoms with Crippen LogP contribution in [0.5, 0.6) is 0 Å². The summed E-state index contributed by atoms with van der Waals surface area (Å²) in [7, 11) is 1.41. The molecular weight excluding hydrogens is 268 g/mol. The molecule has 0 spiro atoms. The van der Waals surface area contributed by atoms with Crippen molar-refractivity contribution in [2.24, 2.45) is 5.41 Å². The number of piperidine rings is 1. The molecule has 0 unspecified atom stereocenters. The van der Waals surface area contributed by atoms with Crippen LogP contribution in [0.4, 0.5) is 17.6 Å². The van der Waals surface area contributed by atoms with E-state index in [9.17, 15) is 22.4 Å². The van der Waals surface area contributed by atoms with E-state index in [1.165, 1.54) is 7.11 Å². The number of alkyl halides is 4. The predicted molar refractivity (Wildman–Crippen MR) is 60.4 cm³/mol. The summed E-state index contributed by atoms with van der Waals surface area (Å²) in [5.41, 5.74) is -0.918. The lowest BCUT2D eigenvalue weighted by Gasteiger charge is -2.35. The van der Waals surface area contributed by atoms with Crippen LogP contribution in [0.2, 0.25) is 0 Å². The molecule has 19 heavy (non-hydrogen) atoms. The van der Waals surface area contributed by atoms with E-state index in [-0.39, 0.29) is 6.61 Å². The Labute approximate surface area is 108 Å². The number of amides is 1. The largest absolute Gasteiger partial charge is 0.384 e. The maximum absolute atomic E-state index is 12.8. The zero-order chi connectivity index (χ0) is 14.5. The quantitative estimate of drug-likeness (QED) is 0.717. The molecule has 0 aliphatic carbocycles. The number of hydrogen-bond acceptors (Lipinski definition) is 3. The number of halogens is 4. The molecule has 0 atom stereocenters. The molecule has 1 fully saturated rings. The molecule has 0 saturated carbocycles. The van der Waals surface area contributed by atoms with Gasteiger partial charge >= 0.3 is 12.3 Å². The fourth-order valence-electron chi connectivity index (χ4n) is 2.08. The van der Waals surface area contributed by atoms with Gasteiger partial charge in [0.2, 0.25) is 5.91 Å². The molecule has 112 valence electrons. The lowest BCUT2D eigenvalue weighted by molar-refractivity contribution is -0.146. The number of hydrogen-bond donors (Lipinski definition) is 2. The molecule has 1 saturated heterocycles. The van der Waals surface area contributed by atoms with E-state index in [1.807, 2.05) is 5.32 Å². The molecule has 1 rings (SSSR count). The van der Waals surface area contributed by atoms with E-state index in [0.29, 0.717) is 25.9 Å². The van der Waals surface area contributed by atoms with Crippen molar-refractivity contribution in [1.29, 1.82) is 0 Å². The van der Waals surface area contributed by atoms with Crippen molar-refractivity contribution in [3.8, 4) is 0 Å². The Bertz CT molecular complexity index is 302. The van der Waals surface area contributed by atoms with Crippen molar-refractivity contribution in [2.75, 3.05) is 33.4 Å². The number of rotatable bonds is 6. The normalized spacial score (nSPS) is 19.5. The van der Waals surface area contributed by atoms with Crippen molar-refractivity contribution in [3.63, 3.8) is 0 Å². The average Bonchev–Trinajstić information content (AvgIpc) is 2.37. The number of methoxy groups -OCH3 is 1. The SMILES string of the molecule is COCC1(C(=O)NCC(F)(F)C(F)F)CCNCC1. The summed E-state index contributed by atoms with van der Waals surface area (Å²) in [4.78, 5) is 12.0. The van der Waals surface area contributed by atoms with Crippen molar-refractivity contribution in [2.45, 2.75) is 25.2 Å². The van der Waals surface area contributed by atoms with Crippen LogP contribution in [0, 0.1) is 5.41 Å². The summed E-state index contributed by atoms with van der Waals surface area (Å²) in [5.74, 6) is -4.87. The van der Waals surface area contributed by atoms with Gasteiger partial charge < -0.3 is 15.4 Å². The van der Waals surface area contributed by atoms with Crippen LogP contribution in [0.25, 0.3) is 0 Å². The van der Waals surface area contributed by atoms with Gasteiger partial charge in [-0.2, -0.15) is 8.78 Å². The fraction of sp³-hybridized carbons (Fsp3) is 0.909. The van der Waals surface area contributed by atoms with Gasteiger partial charge in [-0.3, -0.25) is 4.79 Å². The fourth-order valence-corrected chi connectivity index (χ4v) is 2.08. The van der Waals surface area contributed by atoms with E-state index >= 15 is 0 Å². The van der Waals surface area contributed by atoms with Gasteiger partial charge in [0.15, 0.2) is 0 Å². The predicted octanol–water partition coefficient (Wildman–Crippen LogP) is 1.02. The van der Waals surface area contributed by atoms with Crippen LogP contribution in [0.1, 0.15) is 12.8 Å². The lowest BCUT2D eigenvalue weighted by atomic mass is 9.78. The first-order valence-electron chi connectivity index (χ1n) is 5.98. The first kappa shape index (κ1) is 16.2. The Balaban J connectivity index is 2.63. The first-order chi connectivity index (χ1) is 8.84. The number of nitrogens with one attached hydrogen (secondary N) is 2. The van der Waals surface area contributed by atoms with E-state index in [0.717, 1.165) is 0 Å². The maximum atomic E-state index is 12.8. The summed E-state index contributed by atoms with van der Waals surface area (Å²) in [6.45, 7) is -0.160. The van der Waals surface area contributed by atoms with Crippen molar-refractivity contribution in [1.82, 2.24) is 10.6 Å². The molecule has 1 aliphatic rings. The molecule has 1 aliphatic heterocycles. The minimum absolute atomic E-state index is 0.0841. The molecule has 8 heteroatoms. The van der Waals surface area contributed by atoms with Gasteiger partial charge in [0.05, 0.1) is 18.6 Å². The standard InChI is InChI=1S/C11H18F4N2O2/c1-19-7-10(2-4-16-5-3-10)9(18)17-6-11(14,15)8(12)13/h8,16H,2-7H2,1H3,(H,17,18). The summed E-state index contributed by atoms with van der Waals surface area (Å²) >= 11 is 0. The van der Waals surface area contributed by atoms with Gasteiger partial charge in [-0.25, -0.2) is 8.78 Å². The Morgan fingerprint density at radius 3 is 2.47 bits per heavy atom. The molecule has 0 aromatic rings. The molecule has 0 aromatic heterocycles. The van der Waals surface area contributed by atoms with Crippen molar-refractivity contribution >= 4 is 5.91 Å². The molecular formula is C11H18F4N2O2. The smallest absolute Gasteiger partial charge is 0.324 e.